The van der Waals surface area contributed by atoms with Gasteiger partial charge in [-0.3, -0.25) is 24.4 Å². The van der Waals surface area contributed by atoms with Crippen LogP contribution in [0.15, 0.2) is 47.0 Å². The van der Waals surface area contributed by atoms with Gasteiger partial charge < -0.3 is 19.8 Å². The van der Waals surface area contributed by atoms with Gasteiger partial charge in [0.15, 0.2) is 0 Å². The summed E-state index contributed by atoms with van der Waals surface area (Å²) in [4.78, 5) is 37.9. The first kappa shape index (κ1) is 39.9. The molecule has 1 fully saturated rings. The Morgan fingerprint density at radius 2 is 1.88 bits per heavy atom. The van der Waals surface area contributed by atoms with E-state index in [9.17, 15) is 19.8 Å². The van der Waals surface area contributed by atoms with Gasteiger partial charge in [-0.25, -0.2) is 0 Å². The highest BCUT2D eigenvalue weighted by molar-refractivity contribution is 6.35. The Hall–Kier alpha value is -2.27. The van der Waals surface area contributed by atoms with Gasteiger partial charge in [-0.05, 0) is 94.0 Å². The molecule has 2 unspecified atom stereocenters. The first-order chi connectivity index (χ1) is 24.2. The minimum Gasteiger partial charge on any atom is -0.461 e. The Kier molecular flexibility index (Phi) is 13.5. The van der Waals surface area contributed by atoms with Crippen LogP contribution in [-0.2, 0) is 20.9 Å². The van der Waals surface area contributed by atoms with Crippen LogP contribution in [0.25, 0.3) is 0 Å². The number of halogens is 2. The number of esters is 1. The van der Waals surface area contributed by atoms with E-state index in [1.807, 2.05) is 32.9 Å². The van der Waals surface area contributed by atoms with Gasteiger partial charge in [0, 0.05) is 48.7 Å². The van der Waals surface area contributed by atoms with E-state index in [1.54, 1.807) is 11.0 Å². The standard InChI is InChI=1S/C40H58Cl2N4O5/c1-7-40(4,5)39(50)51-35-19-25(2)18-27-9-8-26(3)32(37(27)35)13-12-30(47)21-31(48)22-36(49)46-15-14-43-38(46)34-24-44(6)16-17-45(34)23-28-10-11-29(41)20-33(28)42/h8-11,18,20,25-26,30-32,34-35,37,47-48H,7,12-17,19,21-24H2,1-6H3/t25-,26-,30+,31+,32-,34?,35-,37?/m0/s1. The van der Waals surface area contributed by atoms with E-state index in [1.165, 1.54) is 5.57 Å². The van der Waals surface area contributed by atoms with E-state index in [2.05, 4.69) is 48.9 Å². The van der Waals surface area contributed by atoms with Crippen LogP contribution in [0.2, 0.25) is 10.0 Å². The van der Waals surface area contributed by atoms with Crippen molar-refractivity contribution in [3.63, 3.8) is 0 Å². The number of aliphatic hydroxyl groups is 2. The molecule has 2 N–H and O–H groups in total. The topological polar surface area (TPSA) is 106 Å². The Balaban J connectivity index is 1.18. The SMILES string of the molecule is CCC(C)(C)C(=O)O[C@H]1C[C@@H](C)C=C2C=C[C@H](C)[C@H](CC[C@@H](O)C[C@@H](O)CC(=O)N3CCN=C3C3CN(C)CCN3Cc3ccc(Cl)cc3Cl)C21. The van der Waals surface area contributed by atoms with Crippen molar-refractivity contribution in [3.05, 3.63) is 57.6 Å². The minimum absolute atomic E-state index is 0.0681. The number of piperazine rings is 1. The van der Waals surface area contributed by atoms with Crippen LogP contribution in [-0.4, -0.2) is 107 Å². The highest BCUT2D eigenvalue weighted by atomic mass is 35.5. The molecule has 1 aromatic rings. The van der Waals surface area contributed by atoms with Crippen LogP contribution < -0.4 is 0 Å². The molecule has 9 nitrogen and oxygen atoms in total. The Morgan fingerprint density at radius 1 is 1.12 bits per heavy atom. The van der Waals surface area contributed by atoms with Crippen molar-refractivity contribution < 1.29 is 24.5 Å². The Bertz CT molecular complexity index is 1500. The average Bonchev–Trinajstić information content (AvgIpc) is 3.56. The number of aliphatic imine (C=N–C) groups is 1. The molecule has 51 heavy (non-hydrogen) atoms. The monoisotopic (exact) mass is 744 g/mol. The lowest BCUT2D eigenvalue weighted by Crippen LogP contribution is -2.58. The van der Waals surface area contributed by atoms with Gasteiger partial charge in [-0.2, -0.15) is 0 Å². The van der Waals surface area contributed by atoms with E-state index in [-0.39, 0.29) is 54.6 Å². The number of rotatable bonds is 13. The van der Waals surface area contributed by atoms with Crippen LogP contribution in [0, 0.1) is 29.1 Å². The summed E-state index contributed by atoms with van der Waals surface area (Å²) < 4.78 is 6.25. The van der Waals surface area contributed by atoms with Gasteiger partial charge in [0.05, 0.1) is 36.6 Å². The normalized spacial score (nSPS) is 28.5. The number of fused-ring (bicyclic) bond motifs is 1. The fourth-order valence-electron chi connectivity index (χ4n) is 8.14. The number of nitrogens with zero attached hydrogens (tertiary/aromatic N) is 4. The van der Waals surface area contributed by atoms with Crippen LogP contribution >= 0.6 is 23.2 Å². The van der Waals surface area contributed by atoms with Crippen LogP contribution in [0.4, 0.5) is 0 Å². The highest BCUT2D eigenvalue weighted by Crippen LogP contribution is 2.45. The van der Waals surface area contributed by atoms with E-state index < -0.39 is 17.6 Å². The van der Waals surface area contributed by atoms with Crippen molar-refractivity contribution >= 4 is 40.9 Å². The van der Waals surface area contributed by atoms with Crippen molar-refractivity contribution in [1.82, 2.24) is 14.7 Å². The molecule has 11 heteroatoms. The fourth-order valence-corrected chi connectivity index (χ4v) is 8.60. The van der Waals surface area contributed by atoms with Crippen LogP contribution in [0.3, 0.4) is 0 Å². The molecule has 5 rings (SSSR count). The summed E-state index contributed by atoms with van der Waals surface area (Å²) in [7, 11) is 2.07. The maximum Gasteiger partial charge on any atom is 0.311 e. The molecule has 0 saturated carbocycles. The molecule has 0 bridgehead atoms. The Morgan fingerprint density at radius 3 is 2.61 bits per heavy atom. The number of ether oxygens (including phenoxy) is 1. The summed E-state index contributed by atoms with van der Waals surface area (Å²) in [6.07, 6.45) is 7.49. The number of hydrogen-bond acceptors (Lipinski definition) is 8. The van der Waals surface area contributed by atoms with Crippen molar-refractivity contribution in [1.29, 1.82) is 0 Å². The molecule has 1 amide bonds. The lowest BCUT2D eigenvalue weighted by atomic mass is 9.65. The predicted octanol–water partition coefficient (Wildman–Crippen LogP) is 6.38. The largest absolute Gasteiger partial charge is 0.461 e. The molecule has 2 heterocycles. The molecule has 282 valence electrons. The smallest absolute Gasteiger partial charge is 0.311 e. The highest BCUT2D eigenvalue weighted by Gasteiger charge is 2.43. The maximum absolute atomic E-state index is 13.7. The third kappa shape index (κ3) is 9.84. The molecule has 0 aromatic heterocycles. The zero-order valence-corrected chi connectivity index (χ0v) is 32.7. The quantitative estimate of drug-likeness (QED) is 0.226. The van der Waals surface area contributed by atoms with Crippen LogP contribution in [0.5, 0.6) is 0 Å². The van der Waals surface area contributed by atoms with E-state index >= 15 is 0 Å². The number of amides is 1. The van der Waals surface area contributed by atoms with Gasteiger partial charge in [0.25, 0.3) is 0 Å². The number of amidine groups is 1. The Labute approximate surface area is 314 Å². The third-order valence-corrected chi connectivity index (χ3v) is 12.2. The molecular weight excluding hydrogens is 687 g/mol. The molecule has 2 aliphatic carbocycles. The second-order valence-corrected chi connectivity index (χ2v) is 16.9. The van der Waals surface area contributed by atoms with Gasteiger partial charge in [0.1, 0.15) is 11.9 Å². The van der Waals surface area contributed by atoms with Crippen molar-refractivity contribution in [2.75, 3.05) is 39.8 Å². The van der Waals surface area contributed by atoms with E-state index in [0.29, 0.717) is 48.4 Å². The second kappa shape index (κ2) is 17.3. The number of benzene rings is 1. The number of hydrogen-bond donors (Lipinski definition) is 2. The maximum atomic E-state index is 13.7. The summed E-state index contributed by atoms with van der Waals surface area (Å²) in [6, 6.07) is 5.43. The van der Waals surface area contributed by atoms with Crippen molar-refractivity contribution in [2.24, 2.45) is 34.1 Å². The molecular formula is C40H58Cl2N4O5. The van der Waals surface area contributed by atoms with Gasteiger partial charge in [-0.1, -0.05) is 68.3 Å². The van der Waals surface area contributed by atoms with E-state index in [4.69, 9.17) is 32.9 Å². The summed E-state index contributed by atoms with van der Waals surface area (Å²) in [5.74, 6) is 1.21. The molecule has 1 aromatic carbocycles. The average molecular weight is 746 g/mol. The molecule has 8 atom stereocenters. The fraction of sp³-hybridized carbons (Fsp3) is 0.675. The molecule has 4 aliphatic rings. The molecule has 1 saturated heterocycles. The van der Waals surface area contributed by atoms with Crippen molar-refractivity contribution in [3.8, 4) is 0 Å². The molecule has 0 spiro atoms. The predicted molar refractivity (Wildman–Crippen MR) is 204 cm³/mol. The number of carbonyl (C=O) groups excluding carboxylic acids is 2. The number of allylic oxidation sites excluding steroid dienone is 3. The number of likely N-dealkylation sites (N-methyl/N-ethyl adjacent to an activating group) is 1. The first-order valence-electron chi connectivity index (χ1n) is 18.8. The second-order valence-electron chi connectivity index (χ2n) is 16.1. The molecule has 0 radical (unpaired) electrons. The number of aliphatic hydroxyl groups excluding tert-OH is 2. The summed E-state index contributed by atoms with van der Waals surface area (Å²) in [5, 5.41) is 23.4. The minimum atomic E-state index is -0.980. The van der Waals surface area contributed by atoms with Crippen molar-refractivity contribution in [2.45, 2.75) is 104 Å². The zero-order chi connectivity index (χ0) is 37.0. The van der Waals surface area contributed by atoms with Crippen LogP contribution in [0.1, 0.15) is 78.7 Å². The van der Waals surface area contributed by atoms with Gasteiger partial charge in [-0.15, -0.1) is 0 Å². The van der Waals surface area contributed by atoms with E-state index in [0.717, 1.165) is 43.9 Å². The summed E-state index contributed by atoms with van der Waals surface area (Å²) in [5.41, 5.74) is 1.64. The lowest BCUT2D eigenvalue weighted by molar-refractivity contribution is -0.164. The summed E-state index contributed by atoms with van der Waals surface area (Å²) >= 11 is 12.7. The summed E-state index contributed by atoms with van der Waals surface area (Å²) in [6.45, 7) is 14.2. The van der Waals surface area contributed by atoms with Gasteiger partial charge in [0.2, 0.25) is 5.91 Å². The lowest BCUT2D eigenvalue weighted by Gasteiger charge is -2.44. The zero-order valence-electron chi connectivity index (χ0n) is 31.2. The number of carbonyl (C=O) groups is 2. The third-order valence-electron chi connectivity index (χ3n) is 11.6. The first-order valence-corrected chi connectivity index (χ1v) is 19.6. The van der Waals surface area contributed by atoms with Gasteiger partial charge >= 0.3 is 5.97 Å². The molecule has 2 aliphatic heterocycles.